The molecule has 0 saturated heterocycles. The first-order valence-corrected chi connectivity index (χ1v) is 6.37. The normalized spacial score (nSPS) is 10.1. The molecule has 0 spiro atoms. The van der Waals surface area contributed by atoms with Gasteiger partial charge in [-0.1, -0.05) is 17.7 Å². The van der Waals surface area contributed by atoms with Crippen molar-refractivity contribution in [2.75, 3.05) is 12.1 Å². The second-order valence-corrected chi connectivity index (χ2v) is 4.64. The van der Waals surface area contributed by atoms with Crippen LogP contribution in [0.1, 0.15) is 10.4 Å². The van der Waals surface area contributed by atoms with E-state index in [0.29, 0.717) is 0 Å². The van der Waals surface area contributed by atoms with Crippen LogP contribution in [0.4, 0.5) is 15.9 Å². The van der Waals surface area contributed by atoms with Crippen LogP contribution in [0.5, 0.6) is 0 Å². The van der Waals surface area contributed by atoms with Gasteiger partial charge < -0.3 is 0 Å². The molecule has 1 N–H and O–H groups in total. The molecule has 2 aromatic rings. The monoisotopic (exact) mass is 324 g/mol. The molecule has 0 aliphatic rings. The summed E-state index contributed by atoms with van der Waals surface area (Å²) in [4.78, 5) is 25.8. The number of nitrogens with zero attached hydrogens (tertiary/aromatic N) is 3. The summed E-state index contributed by atoms with van der Waals surface area (Å²) >= 11 is 5.80. The zero-order chi connectivity index (χ0) is 16.3. The molecule has 0 atom stereocenters. The van der Waals surface area contributed by atoms with E-state index in [2.05, 4.69) is 10.4 Å². The van der Waals surface area contributed by atoms with E-state index in [9.17, 15) is 19.3 Å². The summed E-state index contributed by atoms with van der Waals surface area (Å²) in [5, 5.41) is 11.7. The molecule has 0 aliphatic carbocycles. The molecular weight excluding hydrogens is 315 g/mol. The van der Waals surface area contributed by atoms with Gasteiger partial charge in [0.1, 0.15) is 17.8 Å². The average Bonchev–Trinajstić information content (AvgIpc) is 2.47. The van der Waals surface area contributed by atoms with E-state index < -0.39 is 16.6 Å². The van der Waals surface area contributed by atoms with Crippen molar-refractivity contribution < 1.29 is 14.1 Å². The summed E-state index contributed by atoms with van der Waals surface area (Å²) in [5.74, 6) is -1.27. The number of hydrogen-bond acceptors (Lipinski definition) is 5. The number of aromatic nitrogens is 1. The Morgan fingerprint density at radius 1 is 1.41 bits per heavy atom. The Balaban J connectivity index is 2.16. The van der Waals surface area contributed by atoms with E-state index in [1.165, 1.54) is 36.3 Å². The van der Waals surface area contributed by atoms with Gasteiger partial charge in [-0.05, 0) is 18.2 Å². The van der Waals surface area contributed by atoms with Crippen LogP contribution in [0, 0.1) is 15.9 Å². The second-order valence-electron chi connectivity index (χ2n) is 4.23. The molecule has 114 valence electrons. The van der Waals surface area contributed by atoms with Crippen molar-refractivity contribution in [2.45, 2.75) is 0 Å². The molecule has 0 aliphatic heterocycles. The number of halogens is 2. The van der Waals surface area contributed by atoms with Gasteiger partial charge in [-0.3, -0.25) is 25.3 Å². The molecule has 1 aromatic heterocycles. The Labute approximate surface area is 129 Å². The number of nitrogens with one attached hydrogen (secondary N) is 1. The minimum Gasteiger partial charge on any atom is -0.271 e. The Morgan fingerprint density at radius 2 is 2.14 bits per heavy atom. The van der Waals surface area contributed by atoms with Crippen LogP contribution in [-0.4, -0.2) is 22.9 Å². The number of rotatable bonds is 4. The number of carbonyl (C=O) groups is 1. The summed E-state index contributed by atoms with van der Waals surface area (Å²) in [5.41, 5.74) is 1.91. The first-order valence-electron chi connectivity index (χ1n) is 5.99. The first-order chi connectivity index (χ1) is 10.4. The van der Waals surface area contributed by atoms with Crippen LogP contribution in [0.15, 0.2) is 36.5 Å². The third kappa shape index (κ3) is 3.29. The smallest absolute Gasteiger partial charge is 0.271 e. The standard InChI is InChI=1S/C13H10ClFN4O3/c1-18(11-6-5-8(7-16-11)19(21)22)17-13(20)12-9(14)3-2-4-10(12)15/h2-7H,1H3,(H,17,20). The molecule has 0 bridgehead atoms. The molecule has 0 saturated carbocycles. The fourth-order valence-electron chi connectivity index (χ4n) is 1.66. The van der Waals surface area contributed by atoms with Crippen LogP contribution >= 0.6 is 11.6 Å². The van der Waals surface area contributed by atoms with Gasteiger partial charge in [-0.25, -0.2) is 9.37 Å². The summed E-state index contributed by atoms with van der Waals surface area (Å²) in [6.45, 7) is 0. The minimum absolute atomic E-state index is 0.0254. The first kappa shape index (κ1) is 15.6. The predicted octanol–water partition coefficient (Wildman–Crippen LogP) is 2.56. The molecule has 22 heavy (non-hydrogen) atoms. The fourth-order valence-corrected chi connectivity index (χ4v) is 1.91. The van der Waals surface area contributed by atoms with Gasteiger partial charge in [0.15, 0.2) is 0 Å². The number of pyridine rings is 1. The third-order valence-corrected chi connectivity index (χ3v) is 3.06. The minimum atomic E-state index is -0.759. The average molecular weight is 325 g/mol. The van der Waals surface area contributed by atoms with Crippen LogP contribution in [-0.2, 0) is 0 Å². The zero-order valence-electron chi connectivity index (χ0n) is 11.3. The quantitative estimate of drug-likeness (QED) is 0.689. The maximum absolute atomic E-state index is 13.6. The highest BCUT2D eigenvalue weighted by molar-refractivity contribution is 6.33. The largest absolute Gasteiger partial charge is 0.287 e. The SMILES string of the molecule is CN(NC(=O)c1c(F)cccc1Cl)c1ccc([N+](=O)[O-])cn1. The molecule has 0 radical (unpaired) electrons. The van der Waals surface area contributed by atoms with Crippen molar-refractivity contribution in [1.29, 1.82) is 0 Å². The lowest BCUT2D eigenvalue weighted by Crippen LogP contribution is -2.40. The summed E-state index contributed by atoms with van der Waals surface area (Å²) in [6.07, 6.45) is 1.05. The number of amides is 1. The molecular formula is C13H10ClFN4O3. The fraction of sp³-hybridized carbons (Fsp3) is 0.0769. The van der Waals surface area contributed by atoms with Crippen molar-refractivity contribution in [2.24, 2.45) is 0 Å². The van der Waals surface area contributed by atoms with Gasteiger partial charge >= 0.3 is 0 Å². The highest BCUT2D eigenvalue weighted by atomic mass is 35.5. The Kier molecular flexibility index (Phi) is 4.52. The topological polar surface area (TPSA) is 88.4 Å². The van der Waals surface area contributed by atoms with Gasteiger partial charge in [0.25, 0.3) is 11.6 Å². The number of nitro groups is 1. The summed E-state index contributed by atoms with van der Waals surface area (Å²) in [7, 11) is 1.46. The van der Waals surface area contributed by atoms with Crippen molar-refractivity contribution in [1.82, 2.24) is 10.4 Å². The molecule has 7 nitrogen and oxygen atoms in total. The van der Waals surface area contributed by atoms with E-state index in [1.807, 2.05) is 0 Å². The molecule has 1 heterocycles. The highest BCUT2D eigenvalue weighted by Crippen LogP contribution is 2.19. The number of anilines is 1. The van der Waals surface area contributed by atoms with Crippen LogP contribution in [0.2, 0.25) is 5.02 Å². The Hall–Kier alpha value is -2.74. The van der Waals surface area contributed by atoms with Gasteiger partial charge in [0.2, 0.25) is 0 Å². The van der Waals surface area contributed by atoms with E-state index in [1.54, 1.807) is 0 Å². The molecule has 2 rings (SSSR count). The van der Waals surface area contributed by atoms with Gasteiger partial charge in [0.05, 0.1) is 15.5 Å². The zero-order valence-corrected chi connectivity index (χ0v) is 12.0. The van der Waals surface area contributed by atoms with Gasteiger partial charge in [0, 0.05) is 13.1 Å². The maximum Gasteiger partial charge on any atom is 0.287 e. The number of hydrogen-bond donors (Lipinski definition) is 1. The number of benzene rings is 1. The molecule has 0 fully saturated rings. The van der Waals surface area contributed by atoms with Crippen LogP contribution < -0.4 is 10.4 Å². The Bertz CT molecular complexity index is 703. The van der Waals surface area contributed by atoms with Gasteiger partial charge in [-0.2, -0.15) is 0 Å². The summed E-state index contributed by atoms with van der Waals surface area (Å²) in [6, 6.07) is 6.48. The van der Waals surface area contributed by atoms with Crippen LogP contribution in [0.25, 0.3) is 0 Å². The lowest BCUT2D eigenvalue weighted by Gasteiger charge is -2.19. The number of hydrazine groups is 1. The lowest BCUT2D eigenvalue weighted by atomic mass is 10.2. The van der Waals surface area contributed by atoms with Gasteiger partial charge in [-0.15, -0.1) is 0 Å². The summed E-state index contributed by atoms with van der Waals surface area (Å²) < 4.78 is 13.6. The highest BCUT2D eigenvalue weighted by Gasteiger charge is 2.18. The van der Waals surface area contributed by atoms with E-state index in [-0.39, 0.29) is 22.1 Å². The van der Waals surface area contributed by atoms with E-state index >= 15 is 0 Å². The van der Waals surface area contributed by atoms with Crippen molar-refractivity contribution in [3.05, 3.63) is 63.0 Å². The van der Waals surface area contributed by atoms with Crippen molar-refractivity contribution >= 4 is 29.0 Å². The van der Waals surface area contributed by atoms with Crippen LogP contribution in [0.3, 0.4) is 0 Å². The molecule has 1 aromatic carbocycles. The van der Waals surface area contributed by atoms with Crippen molar-refractivity contribution in [3.63, 3.8) is 0 Å². The maximum atomic E-state index is 13.6. The lowest BCUT2D eigenvalue weighted by molar-refractivity contribution is -0.385. The second kappa shape index (κ2) is 6.35. The number of carbonyl (C=O) groups excluding carboxylic acids is 1. The predicted molar refractivity (Wildman–Crippen MR) is 78.2 cm³/mol. The van der Waals surface area contributed by atoms with E-state index in [4.69, 9.17) is 11.6 Å². The third-order valence-electron chi connectivity index (χ3n) is 2.75. The van der Waals surface area contributed by atoms with E-state index in [0.717, 1.165) is 12.3 Å². The molecule has 9 heteroatoms. The van der Waals surface area contributed by atoms with Crippen molar-refractivity contribution in [3.8, 4) is 0 Å². The molecule has 0 unspecified atom stereocenters. The molecule has 1 amide bonds. The Morgan fingerprint density at radius 3 is 2.68 bits per heavy atom.